The van der Waals surface area contributed by atoms with Gasteiger partial charge in [-0.3, -0.25) is 9.48 Å². The Kier molecular flexibility index (Phi) is 3.57. The average Bonchev–Trinajstić information content (AvgIpc) is 2.56. The number of aliphatic hydroxyl groups is 1. The Morgan fingerprint density at radius 1 is 1.39 bits per heavy atom. The Hall–Kier alpha value is -1.16. The number of carbonyl (C=O) groups excluding carboxylic acids is 1. The van der Waals surface area contributed by atoms with Crippen LogP contribution in [0.1, 0.15) is 55.4 Å². The lowest BCUT2D eigenvalue weighted by Crippen LogP contribution is -2.28. The van der Waals surface area contributed by atoms with Gasteiger partial charge in [0.2, 0.25) is 0 Å². The minimum absolute atomic E-state index is 0.000801. The Balaban J connectivity index is 2.48. The summed E-state index contributed by atoms with van der Waals surface area (Å²) in [6.07, 6.45) is 3.29. The highest BCUT2D eigenvalue weighted by molar-refractivity contribution is 5.99. The molecular weight excluding hydrogens is 228 g/mol. The number of aromatic nitrogens is 2. The van der Waals surface area contributed by atoms with Crippen molar-refractivity contribution in [3.63, 3.8) is 0 Å². The highest BCUT2D eigenvalue weighted by atomic mass is 16.3. The first kappa shape index (κ1) is 13.3. The summed E-state index contributed by atoms with van der Waals surface area (Å²) in [6, 6.07) is 0. The van der Waals surface area contributed by atoms with Crippen LogP contribution in [0.5, 0.6) is 0 Å². The van der Waals surface area contributed by atoms with Crippen molar-refractivity contribution in [3.8, 4) is 0 Å². The number of Topliss-reactive ketones (excluding diaryl/α,β-unsaturated/α-hetero) is 1. The van der Waals surface area contributed by atoms with E-state index in [0.717, 1.165) is 36.2 Å². The Morgan fingerprint density at radius 3 is 2.72 bits per heavy atom. The molecule has 1 aromatic heterocycles. The molecule has 1 heterocycles. The Labute approximate surface area is 108 Å². The van der Waals surface area contributed by atoms with E-state index in [1.807, 2.05) is 4.68 Å². The van der Waals surface area contributed by atoms with E-state index in [9.17, 15) is 4.79 Å². The molecule has 0 saturated heterocycles. The second kappa shape index (κ2) is 4.84. The first-order valence-electron chi connectivity index (χ1n) is 6.71. The minimum atomic E-state index is 0.000801. The summed E-state index contributed by atoms with van der Waals surface area (Å²) < 4.78 is 1.83. The molecule has 0 radical (unpaired) electrons. The first-order valence-corrected chi connectivity index (χ1v) is 6.71. The molecule has 2 rings (SSSR count). The summed E-state index contributed by atoms with van der Waals surface area (Å²) in [7, 11) is 0. The summed E-state index contributed by atoms with van der Waals surface area (Å²) in [5, 5.41) is 13.6. The summed E-state index contributed by atoms with van der Waals surface area (Å²) in [4.78, 5) is 12.3. The van der Waals surface area contributed by atoms with Crippen LogP contribution in [-0.2, 0) is 19.4 Å². The molecule has 0 aromatic carbocycles. The molecule has 0 fully saturated rings. The lowest BCUT2D eigenvalue weighted by atomic mass is 9.75. The topological polar surface area (TPSA) is 55.1 Å². The Morgan fingerprint density at radius 2 is 2.11 bits per heavy atom. The van der Waals surface area contributed by atoms with Crippen molar-refractivity contribution in [2.75, 3.05) is 6.61 Å². The number of nitrogens with zero attached hydrogens (tertiary/aromatic N) is 2. The number of hydrogen-bond donors (Lipinski definition) is 1. The van der Waals surface area contributed by atoms with Crippen molar-refractivity contribution in [1.29, 1.82) is 0 Å². The molecule has 100 valence electrons. The van der Waals surface area contributed by atoms with Gasteiger partial charge in [-0.15, -0.1) is 0 Å². The number of ketones is 1. The molecule has 0 saturated carbocycles. The smallest absolute Gasteiger partial charge is 0.167 e. The molecule has 0 unspecified atom stereocenters. The molecule has 4 heteroatoms. The number of carbonyl (C=O) groups is 1. The zero-order valence-electron chi connectivity index (χ0n) is 11.5. The lowest BCUT2D eigenvalue weighted by Gasteiger charge is -2.29. The van der Waals surface area contributed by atoms with Gasteiger partial charge < -0.3 is 5.11 Å². The van der Waals surface area contributed by atoms with Crippen molar-refractivity contribution in [2.24, 2.45) is 5.41 Å². The van der Waals surface area contributed by atoms with Crippen LogP contribution in [0.4, 0.5) is 0 Å². The number of aryl methyl sites for hydroxylation is 1. The van der Waals surface area contributed by atoms with Gasteiger partial charge >= 0.3 is 0 Å². The molecule has 1 aliphatic carbocycles. The zero-order valence-corrected chi connectivity index (χ0v) is 11.5. The van der Waals surface area contributed by atoms with Crippen molar-refractivity contribution in [3.05, 3.63) is 17.0 Å². The average molecular weight is 250 g/mol. The molecule has 4 nitrogen and oxygen atoms in total. The van der Waals surface area contributed by atoms with Crippen molar-refractivity contribution in [1.82, 2.24) is 9.78 Å². The van der Waals surface area contributed by atoms with Gasteiger partial charge in [0.05, 0.1) is 30.1 Å². The standard InChI is InChI=1S/C14H22N2O2/c1-4-5-10-13-11(16(15-10)6-7-17)8-14(2,3)9-12(13)18/h17H,4-9H2,1-3H3. The van der Waals surface area contributed by atoms with E-state index in [1.54, 1.807) is 0 Å². The van der Waals surface area contributed by atoms with Gasteiger partial charge in [0.25, 0.3) is 0 Å². The van der Waals surface area contributed by atoms with E-state index in [1.165, 1.54) is 0 Å². The fourth-order valence-electron chi connectivity index (χ4n) is 2.78. The fraction of sp³-hybridized carbons (Fsp3) is 0.714. The first-order chi connectivity index (χ1) is 8.48. The third-order valence-corrected chi connectivity index (χ3v) is 3.49. The highest BCUT2D eigenvalue weighted by Gasteiger charge is 2.35. The summed E-state index contributed by atoms with van der Waals surface area (Å²) in [5.74, 6) is 0.217. The quantitative estimate of drug-likeness (QED) is 0.889. The van der Waals surface area contributed by atoms with Crippen molar-refractivity contribution >= 4 is 5.78 Å². The van der Waals surface area contributed by atoms with Gasteiger partial charge in [-0.05, 0) is 18.3 Å². The Bertz CT molecular complexity index is 461. The third-order valence-electron chi connectivity index (χ3n) is 3.49. The summed E-state index contributed by atoms with van der Waals surface area (Å²) in [6.45, 7) is 6.87. The molecular formula is C14H22N2O2. The van der Waals surface area contributed by atoms with Gasteiger partial charge in [0, 0.05) is 6.42 Å². The molecule has 0 atom stereocenters. The van der Waals surface area contributed by atoms with Crippen LogP contribution in [0.2, 0.25) is 0 Å². The fourth-order valence-corrected chi connectivity index (χ4v) is 2.78. The predicted molar refractivity (Wildman–Crippen MR) is 69.7 cm³/mol. The van der Waals surface area contributed by atoms with Crippen molar-refractivity contribution < 1.29 is 9.90 Å². The van der Waals surface area contributed by atoms with E-state index >= 15 is 0 Å². The number of aliphatic hydroxyl groups excluding tert-OH is 1. The van der Waals surface area contributed by atoms with Gasteiger partial charge in [-0.1, -0.05) is 27.2 Å². The maximum absolute atomic E-state index is 12.3. The summed E-state index contributed by atoms with van der Waals surface area (Å²) >= 11 is 0. The molecule has 0 amide bonds. The molecule has 1 aliphatic rings. The van der Waals surface area contributed by atoms with E-state index < -0.39 is 0 Å². The molecule has 0 aliphatic heterocycles. The monoisotopic (exact) mass is 250 g/mol. The SMILES string of the molecule is CCCc1nn(CCO)c2c1C(=O)CC(C)(C)C2. The number of fused-ring (bicyclic) bond motifs is 1. The van der Waals surface area contributed by atoms with Gasteiger partial charge in [-0.25, -0.2) is 0 Å². The van der Waals surface area contributed by atoms with Crippen LogP contribution in [0.3, 0.4) is 0 Å². The van der Waals surface area contributed by atoms with Crippen LogP contribution in [0, 0.1) is 5.41 Å². The van der Waals surface area contributed by atoms with E-state index in [2.05, 4.69) is 25.9 Å². The molecule has 18 heavy (non-hydrogen) atoms. The molecule has 1 N–H and O–H groups in total. The van der Waals surface area contributed by atoms with Gasteiger partial charge in [0.1, 0.15) is 0 Å². The van der Waals surface area contributed by atoms with Crippen LogP contribution in [0.15, 0.2) is 0 Å². The van der Waals surface area contributed by atoms with Crippen molar-refractivity contribution in [2.45, 2.75) is 53.0 Å². The van der Waals surface area contributed by atoms with Gasteiger partial charge in [-0.2, -0.15) is 5.10 Å². The number of hydrogen-bond acceptors (Lipinski definition) is 3. The van der Waals surface area contributed by atoms with Gasteiger partial charge in [0.15, 0.2) is 5.78 Å². The second-order valence-corrected chi connectivity index (χ2v) is 5.91. The molecule has 0 spiro atoms. The zero-order chi connectivity index (χ0) is 13.3. The van der Waals surface area contributed by atoms with Crippen LogP contribution >= 0.6 is 0 Å². The predicted octanol–water partition coefficient (Wildman–Crippen LogP) is 1.98. The minimum Gasteiger partial charge on any atom is -0.394 e. The third kappa shape index (κ3) is 2.34. The number of rotatable bonds is 4. The van der Waals surface area contributed by atoms with Crippen LogP contribution < -0.4 is 0 Å². The van der Waals surface area contributed by atoms with E-state index in [0.29, 0.717) is 13.0 Å². The van der Waals surface area contributed by atoms with E-state index in [4.69, 9.17) is 5.11 Å². The largest absolute Gasteiger partial charge is 0.394 e. The maximum Gasteiger partial charge on any atom is 0.167 e. The molecule has 0 bridgehead atoms. The highest BCUT2D eigenvalue weighted by Crippen LogP contribution is 2.36. The second-order valence-electron chi connectivity index (χ2n) is 5.91. The lowest BCUT2D eigenvalue weighted by molar-refractivity contribution is 0.0908. The van der Waals surface area contributed by atoms with Crippen LogP contribution in [0.25, 0.3) is 0 Å². The van der Waals surface area contributed by atoms with Crippen LogP contribution in [-0.4, -0.2) is 27.3 Å². The van der Waals surface area contributed by atoms with E-state index in [-0.39, 0.29) is 17.8 Å². The normalized spacial score (nSPS) is 17.9. The molecule has 1 aromatic rings. The summed E-state index contributed by atoms with van der Waals surface area (Å²) in [5.41, 5.74) is 2.78. The maximum atomic E-state index is 12.3.